The van der Waals surface area contributed by atoms with Crippen LogP contribution in [0.2, 0.25) is 0 Å². The maximum Gasteiger partial charge on any atom is 0.135 e. The summed E-state index contributed by atoms with van der Waals surface area (Å²) in [5.41, 5.74) is 0. The molecule has 1 rings (SSSR count). The highest BCUT2D eigenvalue weighted by Crippen LogP contribution is 2.16. The molecule has 0 aliphatic rings. The summed E-state index contributed by atoms with van der Waals surface area (Å²) < 4.78 is 0. The summed E-state index contributed by atoms with van der Waals surface area (Å²) in [6.45, 7) is 12.3. The van der Waals surface area contributed by atoms with Crippen LogP contribution in [0.15, 0.2) is 6.07 Å². The van der Waals surface area contributed by atoms with Gasteiger partial charge in [0.05, 0.1) is 0 Å². The van der Waals surface area contributed by atoms with Crippen LogP contribution < -0.4 is 10.6 Å². The molecule has 0 atom stereocenters. The van der Waals surface area contributed by atoms with Gasteiger partial charge in [-0.3, -0.25) is 0 Å². The van der Waals surface area contributed by atoms with Crippen LogP contribution in [0.3, 0.4) is 0 Å². The molecule has 1 aromatic rings. The maximum atomic E-state index is 4.56. The predicted octanol–water partition coefficient (Wildman–Crippen LogP) is 2.40. The molecule has 0 aliphatic heterocycles. The highest BCUT2D eigenvalue weighted by atomic mass is 15.1. The van der Waals surface area contributed by atoms with Crippen LogP contribution in [0, 0.1) is 0 Å². The van der Waals surface area contributed by atoms with E-state index in [2.05, 4.69) is 60.2 Å². The molecule has 2 N–H and O–H groups in total. The molecule has 108 valence electrons. The monoisotopic (exact) mass is 265 g/mol. The Morgan fingerprint density at radius 3 is 2.32 bits per heavy atom. The topological polar surface area (TPSA) is 53.1 Å². The van der Waals surface area contributed by atoms with Crippen LogP contribution in [0.1, 0.15) is 39.4 Å². The number of hydrogen-bond acceptors (Lipinski definition) is 5. The Bertz CT molecular complexity index is 378. The minimum absolute atomic E-state index is 0.331. The lowest BCUT2D eigenvalue weighted by atomic mass is 10.2. The van der Waals surface area contributed by atoms with Gasteiger partial charge in [-0.1, -0.05) is 20.8 Å². The Morgan fingerprint density at radius 2 is 1.79 bits per heavy atom. The number of nitrogens with zero attached hydrogens (tertiary/aromatic N) is 3. The molecule has 0 saturated carbocycles. The van der Waals surface area contributed by atoms with E-state index in [0.717, 1.165) is 43.6 Å². The van der Waals surface area contributed by atoms with Crippen LogP contribution in [0.4, 0.5) is 11.6 Å². The SMILES string of the molecule is CCNc1cc(NCCN(C)CC)nc(C(C)C)n1. The van der Waals surface area contributed by atoms with Crippen molar-refractivity contribution in [2.75, 3.05) is 43.9 Å². The Morgan fingerprint density at radius 1 is 1.16 bits per heavy atom. The van der Waals surface area contributed by atoms with Gasteiger partial charge in [-0.15, -0.1) is 0 Å². The Hall–Kier alpha value is -1.36. The van der Waals surface area contributed by atoms with E-state index < -0.39 is 0 Å². The van der Waals surface area contributed by atoms with E-state index in [1.165, 1.54) is 0 Å². The zero-order valence-corrected chi connectivity index (χ0v) is 12.8. The van der Waals surface area contributed by atoms with Gasteiger partial charge in [0.2, 0.25) is 0 Å². The van der Waals surface area contributed by atoms with Gasteiger partial charge in [-0.05, 0) is 20.5 Å². The van der Waals surface area contributed by atoms with Crippen molar-refractivity contribution in [3.63, 3.8) is 0 Å². The summed E-state index contributed by atoms with van der Waals surface area (Å²) in [7, 11) is 2.12. The fraction of sp³-hybridized carbons (Fsp3) is 0.714. The highest BCUT2D eigenvalue weighted by Gasteiger charge is 2.07. The quantitative estimate of drug-likeness (QED) is 0.756. The maximum absolute atomic E-state index is 4.56. The molecule has 0 aliphatic carbocycles. The highest BCUT2D eigenvalue weighted by molar-refractivity contribution is 5.47. The molecule has 0 bridgehead atoms. The van der Waals surface area contributed by atoms with Crippen LogP contribution in [0.5, 0.6) is 0 Å². The van der Waals surface area contributed by atoms with Gasteiger partial charge in [-0.25, -0.2) is 9.97 Å². The summed E-state index contributed by atoms with van der Waals surface area (Å²) in [4.78, 5) is 11.3. The first-order valence-electron chi connectivity index (χ1n) is 7.12. The fourth-order valence-corrected chi connectivity index (χ4v) is 1.62. The molecule has 0 saturated heterocycles. The van der Waals surface area contributed by atoms with Crippen molar-refractivity contribution in [2.24, 2.45) is 0 Å². The normalized spacial score (nSPS) is 11.1. The van der Waals surface area contributed by atoms with Crippen molar-refractivity contribution >= 4 is 11.6 Å². The van der Waals surface area contributed by atoms with E-state index in [9.17, 15) is 0 Å². The first-order valence-corrected chi connectivity index (χ1v) is 7.12. The molecule has 1 aromatic heterocycles. The smallest absolute Gasteiger partial charge is 0.135 e. The lowest BCUT2D eigenvalue weighted by Gasteiger charge is -2.15. The molecule has 5 nitrogen and oxygen atoms in total. The lowest BCUT2D eigenvalue weighted by molar-refractivity contribution is 0.367. The van der Waals surface area contributed by atoms with Gasteiger partial charge < -0.3 is 15.5 Å². The van der Waals surface area contributed by atoms with E-state index in [1.54, 1.807) is 0 Å². The predicted molar refractivity (Wildman–Crippen MR) is 81.9 cm³/mol. The second-order valence-electron chi connectivity index (χ2n) is 5.00. The molecule has 0 radical (unpaired) electrons. The average molecular weight is 265 g/mol. The molecular formula is C14H27N5. The Labute approximate surface area is 116 Å². The molecule has 0 fully saturated rings. The number of nitrogens with one attached hydrogen (secondary N) is 2. The Kier molecular flexibility index (Phi) is 6.56. The number of likely N-dealkylation sites (N-methyl/N-ethyl adjacent to an activating group) is 1. The van der Waals surface area contributed by atoms with E-state index in [1.807, 2.05) is 6.07 Å². The number of hydrogen-bond donors (Lipinski definition) is 2. The second kappa shape index (κ2) is 7.94. The molecule has 1 heterocycles. The van der Waals surface area contributed by atoms with Crippen LogP contribution >= 0.6 is 0 Å². The molecule has 0 spiro atoms. The largest absolute Gasteiger partial charge is 0.370 e. The van der Waals surface area contributed by atoms with Gasteiger partial charge in [0.15, 0.2) is 0 Å². The minimum Gasteiger partial charge on any atom is -0.370 e. The van der Waals surface area contributed by atoms with E-state index >= 15 is 0 Å². The minimum atomic E-state index is 0.331. The summed E-state index contributed by atoms with van der Waals surface area (Å²) in [6, 6.07) is 1.97. The van der Waals surface area contributed by atoms with E-state index in [4.69, 9.17) is 0 Å². The third-order valence-corrected chi connectivity index (χ3v) is 2.96. The summed E-state index contributed by atoms with van der Waals surface area (Å²) in [5, 5.41) is 6.62. The first kappa shape index (κ1) is 15.7. The molecule has 0 amide bonds. The first-order chi connectivity index (χ1) is 9.06. The van der Waals surface area contributed by atoms with Crippen LogP contribution in [-0.4, -0.2) is 48.1 Å². The van der Waals surface area contributed by atoms with E-state index in [-0.39, 0.29) is 0 Å². The van der Waals surface area contributed by atoms with Crippen molar-refractivity contribution in [2.45, 2.75) is 33.6 Å². The van der Waals surface area contributed by atoms with Gasteiger partial charge in [0, 0.05) is 31.6 Å². The summed E-state index contributed by atoms with van der Waals surface area (Å²) in [6.07, 6.45) is 0. The zero-order valence-electron chi connectivity index (χ0n) is 12.8. The molecule has 0 unspecified atom stereocenters. The van der Waals surface area contributed by atoms with Crippen molar-refractivity contribution in [1.82, 2.24) is 14.9 Å². The molecule has 0 aromatic carbocycles. The lowest BCUT2D eigenvalue weighted by Crippen LogP contribution is -2.25. The van der Waals surface area contributed by atoms with Crippen molar-refractivity contribution in [3.8, 4) is 0 Å². The number of anilines is 2. The van der Waals surface area contributed by atoms with Gasteiger partial charge >= 0.3 is 0 Å². The average Bonchev–Trinajstić information content (AvgIpc) is 2.38. The van der Waals surface area contributed by atoms with Crippen molar-refractivity contribution in [3.05, 3.63) is 11.9 Å². The standard InChI is InChI=1S/C14H27N5/c1-6-15-12-10-13(16-8-9-19(5)7-2)18-14(17-12)11(3)4/h10-11H,6-9H2,1-5H3,(H2,15,16,17,18). The van der Waals surface area contributed by atoms with E-state index in [0.29, 0.717) is 5.92 Å². The summed E-state index contributed by atoms with van der Waals surface area (Å²) in [5.74, 6) is 3.01. The van der Waals surface area contributed by atoms with Crippen LogP contribution in [-0.2, 0) is 0 Å². The number of rotatable bonds is 8. The zero-order chi connectivity index (χ0) is 14.3. The van der Waals surface area contributed by atoms with Gasteiger partial charge in [0.1, 0.15) is 17.5 Å². The van der Waals surface area contributed by atoms with Crippen LogP contribution in [0.25, 0.3) is 0 Å². The van der Waals surface area contributed by atoms with Crippen molar-refractivity contribution in [1.29, 1.82) is 0 Å². The number of aromatic nitrogens is 2. The summed E-state index contributed by atoms with van der Waals surface area (Å²) >= 11 is 0. The van der Waals surface area contributed by atoms with Crippen molar-refractivity contribution < 1.29 is 0 Å². The van der Waals surface area contributed by atoms with Gasteiger partial charge in [-0.2, -0.15) is 0 Å². The molecular weight excluding hydrogens is 238 g/mol. The van der Waals surface area contributed by atoms with Gasteiger partial charge in [0.25, 0.3) is 0 Å². The Balaban J connectivity index is 2.70. The fourth-order valence-electron chi connectivity index (χ4n) is 1.62. The third kappa shape index (κ3) is 5.42. The molecule has 5 heteroatoms. The molecule has 19 heavy (non-hydrogen) atoms. The second-order valence-corrected chi connectivity index (χ2v) is 5.00. The third-order valence-electron chi connectivity index (χ3n) is 2.96.